The maximum Gasteiger partial charge on any atom is 0.199 e. The molecule has 1 radical (unpaired) electrons. The largest absolute Gasteiger partial charge is 0.327 e. The smallest absolute Gasteiger partial charge is 0.199 e. The van der Waals surface area contributed by atoms with Crippen molar-refractivity contribution in [2.75, 3.05) is 0 Å². The van der Waals surface area contributed by atoms with E-state index in [1.165, 1.54) is 0 Å². The van der Waals surface area contributed by atoms with Crippen LogP contribution in [0.5, 0.6) is 0 Å². The molecule has 0 spiro atoms. The van der Waals surface area contributed by atoms with E-state index in [9.17, 15) is 4.79 Å². The lowest BCUT2D eigenvalue weighted by Gasteiger charge is -1.98. The Morgan fingerprint density at radius 3 is 2.57 bits per heavy atom. The van der Waals surface area contributed by atoms with Crippen molar-refractivity contribution < 1.29 is 4.79 Å². The molecule has 0 aliphatic carbocycles. The zero-order valence-electron chi connectivity index (χ0n) is 4.48. The van der Waals surface area contributed by atoms with Gasteiger partial charge in [0.05, 0.1) is 0 Å². The normalized spacial score (nSPS) is 13.4. The molecule has 1 unspecified atom stereocenters. The average Bonchev–Trinajstić information content (AvgIpc) is 1.68. The van der Waals surface area contributed by atoms with Gasteiger partial charge in [0, 0.05) is 12.5 Å². The SMILES string of the molecule is CCC(N)C[C]=O. The van der Waals surface area contributed by atoms with Gasteiger partial charge in [0.15, 0.2) is 6.29 Å². The third-order valence-corrected chi connectivity index (χ3v) is 0.870. The van der Waals surface area contributed by atoms with E-state index < -0.39 is 0 Å². The fraction of sp³-hybridized carbons (Fsp3) is 0.800. The molecule has 0 aromatic heterocycles. The first-order valence-electron chi connectivity index (χ1n) is 2.41. The van der Waals surface area contributed by atoms with E-state index in [-0.39, 0.29) is 6.04 Å². The van der Waals surface area contributed by atoms with Gasteiger partial charge >= 0.3 is 0 Å². The summed E-state index contributed by atoms with van der Waals surface area (Å²) in [5.41, 5.74) is 5.32. The van der Waals surface area contributed by atoms with Crippen LogP contribution in [0, 0.1) is 0 Å². The number of rotatable bonds is 3. The summed E-state index contributed by atoms with van der Waals surface area (Å²) in [6.07, 6.45) is 2.97. The predicted octanol–water partition coefficient (Wildman–Crippen LogP) is 0.223. The van der Waals surface area contributed by atoms with Crippen molar-refractivity contribution in [2.45, 2.75) is 25.8 Å². The second kappa shape index (κ2) is 3.81. The molecule has 2 nitrogen and oxygen atoms in total. The minimum Gasteiger partial charge on any atom is -0.327 e. The van der Waals surface area contributed by atoms with Crippen LogP contribution in [0.1, 0.15) is 19.8 Å². The Hall–Kier alpha value is -0.370. The lowest BCUT2D eigenvalue weighted by Crippen LogP contribution is -2.18. The van der Waals surface area contributed by atoms with Gasteiger partial charge in [0.1, 0.15) is 0 Å². The highest BCUT2D eigenvalue weighted by atomic mass is 16.1. The van der Waals surface area contributed by atoms with Crippen molar-refractivity contribution >= 4 is 6.29 Å². The molecule has 0 aliphatic heterocycles. The molecule has 0 bridgehead atoms. The van der Waals surface area contributed by atoms with Gasteiger partial charge in [-0.2, -0.15) is 0 Å². The monoisotopic (exact) mass is 100 g/mol. The Bertz CT molecular complexity index is 54.0. The molecule has 0 rings (SSSR count). The molecule has 0 aromatic carbocycles. The molecule has 41 valence electrons. The van der Waals surface area contributed by atoms with E-state index in [1.807, 2.05) is 6.92 Å². The zero-order valence-corrected chi connectivity index (χ0v) is 4.48. The molecule has 0 saturated heterocycles. The molecule has 0 fully saturated rings. The van der Waals surface area contributed by atoms with Crippen LogP contribution in [0.25, 0.3) is 0 Å². The van der Waals surface area contributed by atoms with Crippen LogP contribution < -0.4 is 5.73 Å². The van der Waals surface area contributed by atoms with Crippen LogP contribution in [0.4, 0.5) is 0 Å². The second-order valence-corrected chi connectivity index (χ2v) is 1.52. The molecule has 2 N–H and O–H groups in total. The first-order valence-corrected chi connectivity index (χ1v) is 2.41. The Labute approximate surface area is 43.7 Å². The van der Waals surface area contributed by atoms with Gasteiger partial charge in [-0.15, -0.1) is 0 Å². The van der Waals surface area contributed by atoms with Gasteiger partial charge in [0.2, 0.25) is 0 Å². The molecule has 0 aromatic rings. The van der Waals surface area contributed by atoms with Gasteiger partial charge in [-0.1, -0.05) is 6.92 Å². The molecule has 0 heterocycles. The molecule has 1 atom stereocenters. The average molecular weight is 100 g/mol. The van der Waals surface area contributed by atoms with E-state index in [4.69, 9.17) is 5.73 Å². The summed E-state index contributed by atoms with van der Waals surface area (Å²) in [5, 5.41) is 0. The van der Waals surface area contributed by atoms with Crippen LogP contribution in [-0.4, -0.2) is 12.3 Å². The summed E-state index contributed by atoms with van der Waals surface area (Å²) in [5.74, 6) is 0. The van der Waals surface area contributed by atoms with Crippen molar-refractivity contribution in [3.05, 3.63) is 0 Å². The van der Waals surface area contributed by atoms with E-state index >= 15 is 0 Å². The Kier molecular flexibility index (Phi) is 3.61. The fourth-order valence-electron chi connectivity index (χ4n) is 0.251. The number of nitrogens with two attached hydrogens (primary N) is 1. The summed E-state index contributed by atoms with van der Waals surface area (Å²) in [6, 6.07) is 0.0255. The lowest BCUT2D eigenvalue weighted by molar-refractivity contribution is 0.538. The van der Waals surface area contributed by atoms with Crippen molar-refractivity contribution in [1.82, 2.24) is 0 Å². The van der Waals surface area contributed by atoms with Gasteiger partial charge in [-0.3, -0.25) is 4.79 Å². The molecular weight excluding hydrogens is 90.1 g/mol. The van der Waals surface area contributed by atoms with E-state index in [0.717, 1.165) is 6.42 Å². The third kappa shape index (κ3) is 3.46. The molecule has 0 aliphatic rings. The van der Waals surface area contributed by atoms with Crippen LogP contribution in [0.3, 0.4) is 0 Å². The number of hydrogen-bond donors (Lipinski definition) is 1. The van der Waals surface area contributed by atoms with Crippen molar-refractivity contribution in [3.8, 4) is 0 Å². The molecule has 0 amide bonds. The van der Waals surface area contributed by atoms with Crippen LogP contribution >= 0.6 is 0 Å². The van der Waals surface area contributed by atoms with Crippen molar-refractivity contribution in [1.29, 1.82) is 0 Å². The first-order chi connectivity index (χ1) is 3.31. The summed E-state index contributed by atoms with van der Waals surface area (Å²) in [7, 11) is 0. The van der Waals surface area contributed by atoms with Crippen LogP contribution in [0.2, 0.25) is 0 Å². The van der Waals surface area contributed by atoms with Gasteiger partial charge in [-0.25, -0.2) is 0 Å². The summed E-state index contributed by atoms with van der Waals surface area (Å²) < 4.78 is 0. The van der Waals surface area contributed by atoms with Crippen molar-refractivity contribution in [2.24, 2.45) is 5.73 Å². The van der Waals surface area contributed by atoms with Gasteiger partial charge in [-0.05, 0) is 6.42 Å². The quantitative estimate of drug-likeness (QED) is 0.551. The fourth-order valence-corrected chi connectivity index (χ4v) is 0.251. The van der Waals surface area contributed by atoms with E-state index in [2.05, 4.69) is 0 Å². The highest BCUT2D eigenvalue weighted by molar-refractivity contribution is 5.51. The minimum atomic E-state index is 0.0255. The zero-order chi connectivity index (χ0) is 5.70. The Morgan fingerprint density at radius 2 is 2.43 bits per heavy atom. The summed E-state index contributed by atoms with van der Waals surface area (Å²) in [6.45, 7) is 1.95. The number of hydrogen-bond acceptors (Lipinski definition) is 2. The molecular formula is C5H10NO. The predicted molar refractivity (Wildman–Crippen MR) is 28.6 cm³/mol. The maximum atomic E-state index is 9.57. The molecule has 7 heavy (non-hydrogen) atoms. The standard InChI is InChI=1S/C5H10NO/c1-2-5(6)3-4-7/h5H,2-3,6H2,1H3. The van der Waals surface area contributed by atoms with Crippen molar-refractivity contribution in [3.63, 3.8) is 0 Å². The minimum absolute atomic E-state index is 0.0255. The third-order valence-electron chi connectivity index (χ3n) is 0.870. The number of carbonyl (C=O) groups excluding carboxylic acids is 1. The maximum absolute atomic E-state index is 9.57. The lowest BCUT2D eigenvalue weighted by atomic mass is 10.2. The van der Waals surface area contributed by atoms with E-state index in [1.54, 1.807) is 6.29 Å². The van der Waals surface area contributed by atoms with Crippen LogP contribution in [0.15, 0.2) is 0 Å². The highest BCUT2D eigenvalue weighted by Gasteiger charge is 1.94. The van der Waals surface area contributed by atoms with Gasteiger partial charge < -0.3 is 5.73 Å². The Morgan fingerprint density at radius 1 is 1.86 bits per heavy atom. The van der Waals surface area contributed by atoms with Gasteiger partial charge in [0.25, 0.3) is 0 Å². The summed E-state index contributed by atoms with van der Waals surface area (Å²) >= 11 is 0. The van der Waals surface area contributed by atoms with E-state index in [0.29, 0.717) is 6.42 Å². The Balaban J connectivity index is 2.98. The second-order valence-electron chi connectivity index (χ2n) is 1.52. The summed E-state index contributed by atoms with van der Waals surface area (Å²) in [4.78, 5) is 9.57. The molecule has 0 saturated carbocycles. The molecule has 2 heteroatoms. The first kappa shape index (κ1) is 6.63. The highest BCUT2D eigenvalue weighted by Crippen LogP contribution is 1.87. The van der Waals surface area contributed by atoms with Crippen LogP contribution in [-0.2, 0) is 4.79 Å². The topological polar surface area (TPSA) is 43.1 Å².